The van der Waals surface area contributed by atoms with Gasteiger partial charge in [-0.3, -0.25) is 19.8 Å². The number of benzene rings is 2. The highest BCUT2D eigenvalue weighted by Crippen LogP contribution is 2.28. The first kappa shape index (κ1) is 17.9. The molecule has 0 aliphatic carbocycles. The Labute approximate surface area is 162 Å². The molecule has 7 heteroatoms. The molecule has 0 aromatic heterocycles. The first-order chi connectivity index (χ1) is 13.0. The zero-order valence-corrected chi connectivity index (χ0v) is 15.6. The van der Waals surface area contributed by atoms with Crippen molar-refractivity contribution in [1.82, 2.24) is 9.80 Å². The van der Waals surface area contributed by atoms with Gasteiger partial charge < -0.3 is 4.90 Å². The van der Waals surface area contributed by atoms with Crippen molar-refractivity contribution in [1.29, 1.82) is 0 Å². The molecule has 1 amide bonds. The van der Waals surface area contributed by atoms with Gasteiger partial charge >= 0.3 is 0 Å². The highest BCUT2D eigenvalue weighted by molar-refractivity contribution is 6.34. The fraction of sp³-hybridized carbons (Fsp3) is 0.350. The van der Waals surface area contributed by atoms with Crippen molar-refractivity contribution in [2.75, 3.05) is 19.6 Å². The normalized spacial score (nSPS) is 19.7. The van der Waals surface area contributed by atoms with E-state index in [9.17, 15) is 14.9 Å². The summed E-state index contributed by atoms with van der Waals surface area (Å²) in [6, 6.07) is 12.9. The summed E-state index contributed by atoms with van der Waals surface area (Å²) < 4.78 is 0. The van der Waals surface area contributed by atoms with Gasteiger partial charge in [0.1, 0.15) is 0 Å². The zero-order chi connectivity index (χ0) is 19.0. The quantitative estimate of drug-likeness (QED) is 0.599. The number of rotatable bonds is 3. The largest absolute Gasteiger partial charge is 0.337 e. The van der Waals surface area contributed by atoms with Gasteiger partial charge in [-0.2, -0.15) is 0 Å². The van der Waals surface area contributed by atoms with Crippen LogP contribution < -0.4 is 0 Å². The van der Waals surface area contributed by atoms with Crippen LogP contribution in [0.5, 0.6) is 0 Å². The molecule has 0 bridgehead atoms. The van der Waals surface area contributed by atoms with E-state index in [1.807, 2.05) is 0 Å². The second-order valence-corrected chi connectivity index (χ2v) is 7.51. The molecule has 1 saturated heterocycles. The monoisotopic (exact) mass is 385 g/mol. The Balaban J connectivity index is 1.44. The number of hydrogen-bond donors (Lipinski definition) is 0. The summed E-state index contributed by atoms with van der Waals surface area (Å²) in [5.74, 6) is -0.158. The Morgan fingerprint density at radius 1 is 1.15 bits per heavy atom. The molecule has 2 aromatic carbocycles. The molecule has 0 spiro atoms. The molecular formula is C20H20ClN3O3. The lowest BCUT2D eigenvalue weighted by Gasteiger charge is -2.33. The Morgan fingerprint density at radius 3 is 2.67 bits per heavy atom. The Morgan fingerprint density at radius 2 is 1.93 bits per heavy atom. The third-order valence-electron chi connectivity index (χ3n) is 5.52. The van der Waals surface area contributed by atoms with Crippen LogP contribution in [0.4, 0.5) is 5.69 Å². The molecule has 0 unspecified atom stereocenters. The minimum Gasteiger partial charge on any atom is -0.337 e. The predicted octanol–water partition coefficient (Wildman–Crippen LogP) is 3.52. The van der Waals surface area contributed by atoms with Crippen LogP contribution in [0.1, 0.15) is 27.9 Å². The molecular weight excluding hydrogens is 366 g/mol. The van der Waals surface area contributed by atoms with E-state index in [1.54, 1.807) is 4.90 Å². The second kappa shape index (κ2) is 7.29. The molecule has 0 N–H and O–H groups in total. The second-order valence-electron chi connectivity index (χ2n) is 7.10. The number of nitro benzene ring substituents is 1. The van der Waals surface area contributed by atoms with Crippen LogP contribution in [0.25, 0.3) is 0 Å². The van der Waals surface area contributed by atoms with Gasteiger partial charge in [-0.15, -0.1) is 0 Å². The molecule has 6 nitrogen and oxygen atoms in total. The van der Waals surface area contributed by atoms with Crippen LogP contribution in [-0.2, 0) is 13.0 Å². The van der Waals surface area contributed by atoms with E-state index in [2.05, 4.69) is 29.2 Å². The highest BCUT2D eigenvalue weighted by Gasteiger charge is 2.33. The molecule has 2 aromatic rings. The van der Waals surface area contributed by atoms with E-state index in [4.69, 9.17) is 11.6 Å². The van der Waals surface area contributed by atoms with Crippen molar-refractivity contribution in [3.63, 3.8) is 0 Å². The average molecular weight is 386 g/mol. The van der Waals surface area contributed by atoms with Crippen LogP contribution in [0.3, 0.4) is 0 Å². The molecule has 27 heavy (non-hydrogen) atoms. The third-order valence-corrected chi connectivity index (χ3v) is 5.83. The van der Waals surface area contributed by atoms with Crippen LogP contribution in [-0.4, -0.2) is 46.3 Å². The molecule has 1 fully saturated rings. The van der Waals surface area contributed by atoms with Gasteiger partial charge in [-0.05, 0) is 30.0 Å². The Kier molecular flexibility index (Phi) is 4.85. The number of likely N-dealkylation sites (tertiary alicyclic amines) is 1. The molecule has 140 valence electrons. The molecule has 1 atom stereocenters. The predicted molar refractivity (Wildman–Crippen MR) is 103 cm³/mol. The number of hydrogen-bond acceptors (Lipinski definition) is 4. The summed E-state index contributed by atoms with van der Waals surface area (Å²) in [5, 5.41) is 11.0. The fourth-order valence-electron chi connectivity index (χ4n) is 4.01. The standard InChI is InChI=1S/C20H20ClN3O3/c21-19-11-16(24(26)27)5-6-18(19)20(25)23-10-8-17(13-23)22-9-7-14-3-1-2-4-15(14)12-22/h1-6,11,17H,7-10,12-13H2/t17-/m1/s1. The maximum Gasteiger partial charge on any atom is 0.270 e. The highest BCUT2D eigenvalue weighted by atomic mass is 35.5. The summed E-state index contributed by atoms with van der Waals surface area (Å²) in [4.78, 5) is 27.4. The van der Waals surface area contributed by atoms with E-state index in [-0.39, 0.29) is 16.6 Å². The minimum absolute atomic E-state index is 0.108. The van der Waals surface area contributed by atoms with E-state index in [0.29, 0.717) is 24.7 Å². The van der Waals surface area contributed by atoms with E-state index in [0.717, 1.165) is 25.9 Å². The van der Waals surface area contributed by atoms with Gasteiger partial charge in [-0.1, -0.05) is 35.9 Å². The summed E-state index contributed by atoms with van der Waals surface area (Å²) >= 11 is 6.13. The number of nitrogens with zero attached hydrogens (tertiary/aromatic N) is 3. The molecule has 2 heterocycles. The number of amides is 1. The van der Waals surface area contributed by atoms with Gasteiger partial charge in [0.2, 0.25) is 0 Å². The Hall–Kier alpha value is -2.44. The van der Waals surface area contributed by atoms with Crippen molar-refractivity contribution < 1.29 is 9.72 Å². The first-order valence-electron chi connectivity index (χ1n) is 9.07. The fourth-order valence-corrected chi connectivity index (χ4v) is 4.27. The average Bonchev–Trinajstić information content (AvgIpc) is 3.17. The minimum atomic E-state index is -0.514. The molecule has 2 aliphatic heterocycles. The molecule has 4 rings (SSSR count). The lowest BCUT2D eigenvalue weighted by molar-refractivity contribution is -0.384. The van der Waals surface area contributed by atoms with Crippen molar-refractivity contribution in [2.24, 2.45) is 0 Å². The zero-order valence-electron chi connectivity index (χ0n) is 14.8. The van der Waals surface area contributed by atoms with Crippen molar-refractivity contribution >= 4 is 23.2 Å². The molecule has 0 saturated carbocycles. The van der Waals surface area contributed by atoms with Gasteiger partial charge in [0.15, 0.2) is 0 Å². The van der Waals surface area contributed by atoms with Gasteiger partial charge in [0.25, 0.3) is 11.6 Å². The number of halogens is 1. The number of carbonyl (C=O) groups is 1. The van der Waals surface area contributed by atoms with Crippen LogP contribution >= 0.6 is 11.6 Å². The SMILES string of the molecule is O=C(c1ccc([N+](=O)[O-])cc1Cl)N1CC[C@@H](N2CCc3ccccc3C2)C1. The summed E-state index contributed by atoms with van der Waals surface area (Å²) in [5.41, 5.74) is 3.00. The number of carbonyl (C=O) groups excluding carboxylic acids is 1. The number of non-ortho nitro benzene ring substituents is 1. The maximum absolute atomic E-state index is 12.8. The van der Waals surface area contributed by atoms with E-state index in [1.165, 1.54) is 29.3 Å². The molecule has 2 aliphatic rings. The van der Waals surface area contributed by atoms with Crippen LogP contribution in [0.15, 0.2) is 42.5 Å². The number of fused-ring (bicyclic) bond motifs is 1. The van der Waals surface area contributed by atoms with Crippen molar-refractivity contribution in [3.8, 4) is 0 Å². The smallest absolute Gasteiger partial charge is 0.270 e. The molecule has 0 radical (unpaired) electrons. The lowest BCUT2D eigenvalue weighted by Crippen LogP contribution is -2.41. The number of nitro groups is 1. The summed E-state index contributed by atoms with van der Waals surface area (Å²) in [6.07, 6.45) is 1.97. The van der Waals surface area contributed by atoms with Gasteiger partial charge in [-0.25, -0.2) is 0 Å². The van der Waals surface area contributed by atoms with E-state index >= 15 is 0 Å². The van der Waals surface area contributed by atoms with Crippen LogP contribution in [0, 0.1) is 10.1 Å². The van der Waals surface area contributed by atoms with Crippen LogP contribution in [0.2, 0.25) is 5.02 Å². The van der Waals surface area contributed by atoms with Crippen molar-refractivity contribution in [2.45, 2.75) is 25.4 Å². The first-order valence-corrected chi connectivity index (χ1v) is 9.45. The summed E-state index contributed by atoms with van der Waals surface area (Å²) in [7, 11) is 0. The maximum atomic E-state index is 12.8. The Bertz CT molecular complexity index is 902. The van der Waals surface area contributed by atoms with E-state index < -0.39 is 4.92 Å². The van der Waals surface area contributed by atoms with Crippen molar-refractivity contribution in [3.05, 3.63) is 74.3 Å². The van der Waals surface area contributed by atoms with Gasteiger partial charge in [0.05, 0.1) is 15.5 Å². The summed E-state index contributed by atoms with van der Waals surface area (Å²) in [6.45, 7) is 3.26. The third kappa shape index (κ3) is 3.55. The van der Waals surface area contributed by atoms with Gasteiger partial charge in [0, 0.05) is 44.4 Å². The lowest BCUT2D eigenvalue weighted by atomic mass is 9.98. The topological polar surface area (TPSA) is 66.7 Å².